The van der Waals surface area contributed by atoms with E-state index in [-0.39, 0.29) is 5.91 Å². The van der Waals surface area contributed by atoms with Crippen LogP contribution in [-0.4, -0.2) is 30.6 Å². The van der Waals surface area contributed by atoms with Crippen LogP contribution >= 0.6 is 0 Å². The molecule has 0 saturated carbocycles. The summed E-state index contributed by atoms with van der Waals surface area (Å²) in [7, 11) is 0. The van der Waals surface area contributed by atoms with Gasteiger partial charge in [0.25, 0.3) is 0 Å². The summed E-state index contributed by atoms with van der Waals surface area (Å²) in [6.07, 6.45) is 2.86. The highest BCUT2D eigenvalue weighted by atomic mass is 16.5. The Bertz CT molecular complexity index is 873. The van der Waals surface area contributed by atoms with E-state index < -0.39 is 0 Å². The normalized spacial score (nSPS) is 10.6. The number of hydrogen-bond donors (Lipinski definition) is 1. The molecule has 0 aliphatic carbocycles. The minimum atomic E-state index is 0.00554. The van der Waals surface area contributed by atoms with Crippen LogP contribution in [0.15, 0.2) is 60.8 Å². The third-order valence-corrected chi connectivity index (χ3v) is 4.10. The summed E-state index contributed by atoms with van der Waals surface area (Å²) >= 11 is 0. The number of hydrogen-bond acceptors (Lipinski definition) is 4. The van der Waals surface area contributed by atoms with Crippen molar-refractivity contribution >= 4 is 16.8 Å². The Morgan fingerprint density at radius 3 is 2.67 bits per heavy atom. The maximum Gasteiger partial charge on any atom is 0.224 e. The van der Waals surface area contributed by atoms with Gasteiger partial charge < -0.3 is 14.8 Å². The summed E-state index contributed by atoms with van der Waals surface area (Å²) in [5.74, 6) is 1.60. The monoisotopic (exact) mass is 364 g/mol. The van der Waals surface area contributed by atoms with Crippen LogP contribution in [0.25, 0.3) is 10.9 Å². The molecule has 0 aliphatic heterocycles. The molecule has 0 spiro atoms. The van der Waals surface area contributed by atoms with Crippen LogP contribution in [-0.2, 0) is 11.2 Å². The molecule has 5 heteroatoms. The highest BCUT2D eigenvalue weighted by Crippen LogP contribution is 2.22. The molecular formula is C22H24N2O3. The summed E-state index contributed by atoms with van der Waals surface area (Å²) in [6.45, 7) is 3.69. The fraction of sp³-hybridized carbons (Fsp3) is 0.273. The maximum absolute atomic E-state index is 12.0. The van der Waals surface area contributed by atoms with Crippen LogP contribution in [0, 0.1) is 0 Å². The highest BCUT2D eigenvalue weighted by molar-refractivity contribution is 5.84. The van der Waals surface area contributed by atoms with E-state index in [1.165, 1.54) is 0 Å². The van der Waals surface area contributed by atoms with Gasteiger partial charge in [0, 0.05) is 18.1 Å². The molecule has 1 aromatic heterocycles. The van der Waals surface area contributed by atoms with E-state index in [2.05, 4.69) is 10.3 Å². The molecule has 27 heavy (non-hydrogen) atoms. The Balaban J connectivity index is 1.39. The maximum atomic E-state index is 12.0. The first-order valence-electron chi connectivity index (χ1n) is 9.21. The van der Waals surface area contributed by atoms with Gasteiger partial charge in [-0.3, -0.25) is 9.78 Å². The molecule has 1 heterocycles. The zero-order valence-electron chi connectivity index (χ0n) is 15.5. The number of amides is 1. The van der Waals surface area contributed by atoms with Crippen molar-refractivity contribution in [2.45, 2.75) is 19.8 Å². The first kappa shape index (κ1) is 18.7. The van der Waals surface area contributed by atoms with E-state index in [0.29, 0.717) is 26.2 Å². The lowest BCUT2D eigenvalue weighted by Gasteiger charge is -2.09. The van der Waals surface area contributed by atoms with E-state index in [0.717, 1.165) is 34.4 Å². The first-order valence-corrected chi connectivity index (χ1v) is 9.21. The highest BCUT2D eigenvalue weighted by Gasteiger charge is 2.05. The minimum Gasteiger partial charge on any atom is -0.494 e. The van der Waals surface area contributed by atoms with Crippen LogP contribution in [0.4, 0.5) is 0 Å². The lowest BCUT2D eigenvalue weighted by Crippen LogP contribution is -2.27. The number of carbonyl (C=O) groups is 1. The number of pyridine rings is 1. The van der Waals surface area contributed by atoms with Gasteiger partial charge in [-0.05, 0) is 43.2 Å². The number of fused-ring (bicyclic) bond motifs is 1. The van der Waals surface area contributed by atoms with Crippen LogP contribution < -0.4 is 14.8 Å². The van der Waals surface area contributed by atoms with Crippen molar-refractivity contribution in [3.05, 3.63) is 66.4 Å². The molecule has 0 unspecified atom stereocenters. The molecule has 1 amide bonds. The fourth-order valence-corrected chi connectivity index (χ4v) is 2.79. The molecular weight excluding hydrogens is 340 g/mol. The number of rotatable bonds is 9. The molecule has 1 N–H and O–H groups in total. The molecule has 0 fully saturated rings. The van der Waals surface area contributed by atoms with E-state index in [9.17, 15) is 4.79 Å². The third kappa shape index (κ3) is 5.45. The van der Waals surface area contributed by atoms with Crippen LogP contribution in [0.3, 0.4) is 0 Å². The van der Waals surface area contributed by atoms with Crippen molar-refractivity contribution in [3.8, 4) is 11.5 Å². The lowest BCUT2D eigenvalue weighted by atomic mass is 10.1. The molecule has 2 aromatic carbocycles. The van der Waals surface area contributed by atoms with Crippen molar-refractivity contribution in [2.24, 2.45) is 0 Å². The Morgan fingerprint density at radius 1 is 1.04 bits per heavy atom. The number of para-hydroxylation sites is 1. The smallest absolute Gasteiger partial charge is 0.224 e. The second-order valence-electron chi connectivity index (χ2n) is 6.14. The van der Waals surface area contributed by atoms with Gasteiger partial charge in [0.1, 0.15) is 17.0 Å². The summed E-state index contributed by atoms with van der Waals surface area (Å²) < 4.78 is 11.2. The van der Waals surface area contributed by atoms with Gasteiger partial charge in [0.2, 0.25) is 5.91 Å². The predicted octanol–water partition coefficient (Wildman–Crippen LogP) is 3.76. The van der Waals surface area contributed by atoms with Crippen LogP contribution in [0.1, 0.15) is 18.9 Å². The Kier molecular flexibility index (Phi) is 6.63. The number of benzene rings is 2. The van der Waals surface area contributed by atoms with Crippen molar-refractivity contribution in [1.82, 2.24) is 10.3 Å². The Morgan fingerprint density at radius 2 is 1.85 bits per heavy atom. The van der Waals surface area contributed by atoms with Crippen molar-refractivity contribution < 1.29 is 14.3 Å². The second kappa shape index (κ2) is 9.57. The molecule has 0 radical (unpaired) electrons. The third-order valence-electron chi connectivity index (χ3n) is 4.10. The molecule has 0 saturated heterocycles. The zero-order chi connectivity index (χ0) is 18.9. The Labute approximate surface area is 159 Å². The molecule has 3 aromatic rings. The summed E-state index contributed by atoms with van der Waals surface area (Å²) in [6, 6.07) is 17.4. The van der Waals surface area contributed by atoms with E-state index in [1.807, 2.05) is 61.5 Å². The molecule has 0 bridgehead atoms. The lowest BCUT2D eigenvalue weighted by molar-refractivity contribution is -0.120. The largest absolute Gasteiger partial charge is 0.494 e. The van der Waals surface area contributed by atoms with Crippen molar-refractivity contribution in [3.63, 3.8) is 0 Å². The number of nitrogens with one attached hydrogen (secondary N) is 1. The fourth-order valence-electron chi connectivity index (χ4n) is 2.79. The standard InChI is InChI=1S/C22H24N2O3/c1-2-26-19-11-9-17(10-12-19)16-21(25)23-14-5-15-27-20-8-3-6-18-7-4-13-24-22(18)20/h3-4,6-13H,2,5,14-16H2,1H3,(H,23,25). The summed E-state index contributed by atoms with van der Waals surface area (Å²) in [4.78, 5) is 16.4. The quantitative estimate of drug-likeness (QED) is 0.587. The molecule has 5 nitrogen and oxygen atoms in total. The van der Waals surface area contributed by atoms with Crippen LogP contribution in [0.5, 0.6) is 11.5 Å². The summed E-state index contributed by atoms with van der Waals surface area (Å²) in [5.41, 5.74) is 1.83. The first-order chi connectivity index (χ1) is 13.3. The van der Waals surface area contributed by atoms with Gasteiger partial charge in [0.05, 0.1) is 19.6 Å². The average molecular weight is 364 g/mol. The van der Waals surface area contributed by atoms with Crippen molar-refractivity contribution in [1.29, 1.82) is 0 Å². The van der Waals surface area contributed by atoms with Gasteiger partial charge in [-0.15, -0.1) is 0 Å². The minimum absolute atomic E-state index is 0.00554. The number of ether oxygens (including phenoxy) is 2. The number of nitrogens with zero attached hydrogens (tertiary/aromatic N) is 1. The van der Waals surface area contributed by atoms with E-state index >= 15 is 0 Å². The zero-order valence-corrected chi connectivity index (χ0v) is 15.5. The Hall–Kier alpha value is -3.08. The van der Waals surface area contributed by atoms with Gasteiger partial charge in [-0.2, -0.15) is 0 Å². The van der Waals surface area contributed by atoms with Gasteiger partial charge in [-0.25, -0.2) is 0 Å². The topological polar surface area (TPSA) is 60.5 Å². The predicted molar refractivity (Wildman–Crippen MR) is 106 cm³/mol. The van der Waals surface area contributed by atoms with Crippen molar-refractivity contribution in [2.75, 3.05) is 19.8 Å². The molecule has 3 rings (SSSR count). The van der Waals surface area contributed by atoms with Gasteiger partial charge >= 0.3 is 0 Å². The van der Waals surface area contributed by atoms with E-state index in [1.54, 1.807) is 6.20 Å². The SMILES string of the molecule is CCOc1ccc(CC(=O)NCCCOc2cccc3cccnc23)cc1. The second-order valence-corrected chi connectivity index (χ2v) is 6.14. The number of carbonyl (C=O) groups excluding carboxylic acids is 1. The van der Waals surface area contributed by atoms with Crippen LogP contribution in [0.2, 0.25) is 0 Å². The van der Waals surface area contributed by atoms with Gasteiger partial charge in [-0.1, -0.05) is 30.3 Å². The average Bonchev–Trinajstić information content (AvgIpc) is 2.69. The molecule has 140 valence electrons. The van der Waals surface area contributed by atoms with Gasteiger partial charge in [0.15, 0.2) is 0 Å². The number of aromatic nitrogens is 1. The molecule has 0 atom stereocenters. The molecule has 0 aliphatic rings. The summed E-state index contributed by atoms with van der Waals surface area (Å²) in [5, 5.41) is 3.98. The van der Waals surface area contributed by atoms with E-state index in [4.69, 9.17) is 9.47 Å².